The second kappa shape index (κ2) is 9.98. The molecule has 0 amide bonds. The van der Waals surface area contributed by atoms with Gasteiger partial charge in [0, 0.05) is 15.5 Å². The molecule has 3 aromatic carbocycles. The van der Waals surface area contributed by atoms with Crippen molar-refractivity contribution in [2.45, 2.75) is 47.4 Å². The van der Waals surface area contributed by atoms with Gasteiger partial charge in [-0.25, -0.2) is 9.97 Å². The number of rotatable bonds is 7. The van der Waals surface area contributed by atoms with Crippen LogP contribution in [0.25, 0.3) is 0 Å². The zero-order chi connectivity index (χ0) is 21.6. The van der Waals surface area contributed by atoms with Crippen LogP contribution in [0.5, 0.6) is 0 Å². The molecule has 0 saturated carbocycles. The summed E-state index contributed by atoms with van der Waals surface area (Å²) in [7, 11) is 0. The van der Waals surface area contributed by atoms with Gasteiger partial charge in [-0.15, -0.1) is 0 Å². The molecule has 0 radical (unpaired) electrons. The molecule has 0 aliphatic carbocycles. The van der Waals surface area contributed by atoms with Gasteiger partial charge in [0.2, 0.25) is 0 Å². The van der Waals surface area contributed by atoms with Crippen LogP contribution < -0.4 is 5.32 Å². The fourth-order valence-electron chi connectivity index (χ4n) is 2.91. The van der Waals surface area contributed by atoms with Gasteiger partial charge in [-0.1, -0.05) is 47.5 Å². The molecule has 156 valence electrons. The van der Waals surface area contributed by atoms with E-state index in [-0.39, 0.29) is 0 Å². The van der Waals surface area contributed by atoms with Crippen LogP contribution in [-0.2, 0) is 6.54 Å². The highest BCUT2D eigenvalue weighted by atomic mass is 32.2. The third-order valence-electron chi connectivity index (χ3n) is 4.57. The molecule has 4 aromatic rings. The van der Waals surface area contributed by atoms with Crippen LogP contribution in [0.1, 0.15) is 22.5 Å². The predicted octanol–water partition coefficient (Wildman–Crippen LogP) is 6.71. The molecule has 0 spiro atoms. The van der Waals surface area contributed by atoms with E-state index < -0.39 is 0 Å². The smallest absolute Gasteiger partial charge is 0.196 e. The topological polar surface area (TPSA) is 50.7 Å². The summed E-state index contributed by atoms with van der Waals surface area (Å²) in [4.78, 5) is 16.4. The van der Waals surface area contributed by atoms with E-state index in [0.29, 0.717) is 16.9 Å². The third-order valence-corrected chi connectivity index (χ3v) is 6.32. The number of nitrogens with zero attached hydrogens (tertiary/aromatic N) is 3. The highest BCUT2D eigenvalue weighted by Crippen LogP contribution is 2.29. The van der Waals surface area contributed by atoms with Crippen LogP contribution >= 0.6 is 23.5 Å². The van der Waals surface area contributed by atoms with Crippen molar-refractivity contribution in [3.05, 3.63) is 95.3 Å². The van der Waals surface area contributed by atoms with Crippen molar-refractivity contribution in [1.29, 1.82) is 0 Å². The minimum absolute atomic E-state index is 0.537. The molecular formula is C25H24N4S2. The Labute approximate surface area is 192 Å². The zero-order valence-corrected chi connectivity index (χ0v) is 19.4. The molecule has 1 aromatic heterocycles. The Morgan fingerprint density at radius 1 is 0.645 bits per heavy atom. The van der Waals surface area contributed by atoms with Crippen LogP contribution in [-0.4, -0.2) is 15.0 Å². The van der Waals surface area contributed by atoms with Crippen LogP contribution in [0, 0.1) is 20.8 Å². The minimum atomic E-state index is 0.537. The number of anilines is 1. The average molecular weight is 445 g/mol. The molecule has 0 aliphatic heterocycles. The van der Waals surface area contributed by atoms with Crippen molar-refractivity contribution < 1.29 is 0 Å². The standard InChI is InChI=1S/C25H24N4S2/c1-17-7-11-21(12-8-17)30-24-27-23(16-26-20-6-4-5-19(3)15-20)28-25(29-24)31-22-13-9-18(2)10-14-22/h4-15,26H,16H2,1-3H3. The van der Waals surface area contributed by atoms with Crippen LogP contribution in [0.3, 0.4) is 0 Å². The van der Waals surface area contributed by atoms with E-state index in [1.54, 1.807) is 23.5 Å². The van der Waals surface area contributed by atoms with E-state index in [1.807, 2.05) is 6.07 Å². The van der Waals surface area contributed by atoms with Crippen LogP contribution in [0.2, 0.25) is 0 Å². The first-order valence-electron chi connectivity index (χ1n) is 10.1. The van der Waals surface area contributed by atoms with Gasteiger partial charge in [0.15, 0.2) is 16.1 Å². The molecule has 0 fully saturated rings. The molecular weight excluding hydrogens is 420 g/mol. The van der Waals surface area contributed by atoms with Gasteiger partial charge in [-0.05, 0) is 86.3 Å². The highest BCUT2D eigenvalue weighted by molar-refractivity contribution is 7.99. The lowest BCUT2D eigenvalue weighted by atomic mass is 10.2. The summed E-state index contributed by atoms with van der Waals surface area (Å²) in [6.45, 7) is 6.79. The summed E-state index contributed by atoms with van der Waals surface area (Å²) in [5.41, 5.74) is 4.74. The normalized spacial score (nSPS) is 10.8. The summed E-state index contributed by atoms with van der Waals surface area (Å²) >= 11 is 3.12. The van der Waals surface area contributed by atoms with E-state index in [4.69, 9.17) is 15.0 Å². The maximum Gasteiger partial charge on any atom is 0.196 e. The Morgan fingerprint density at radius 2 is 1.19 bits per heavy atom. The Bertz CT molecular complexity index is 1090. The van der Waals surface area contributed by atoms with Gasteiger partial charge < -0.3 is 5.32 Å². The largest absolute Gasteiger partial charge is 0.378 e. The second-order valence-corrected chi connectivity index (χ2v) is 9.45. The third kappa shape index (κ3) is 6.32. The molecule has 4 rings (SSSR count). The molecule has 0 unspecified atom stereocenters. The number of aryl methyl sites for hydroxylation is 3. The Balaban J connectivity index is 1.58. The van der Waals surface area contributed by atoms with E-state index in [2.05, 4.69) is 92.8 Å². The molecule has 0 saturated heterocycles. The first-order valence-corrected chi connectivity index (χ1v) is 11.7. The molecule has 0 atom stereocenters. The summed E-state index contributed by atoms with van der Waals surface area (Å²) in [6.07, 6.45) is 0. The summed E-state index contributed by atoms with van der Waals surface area (Å²) < 4.78 is 0. The maximum atomic E-state index is 4.71. The van der Waals surface area contributed by atoms with E-state index in [9.17, 15) is 0 Å². The van der Waals surface area contributed by atoms with Crippen molar-refractivity contribution >= 4 is 29.2 Å². The Kier molecular flexibility index (Phi) is 6.89. The van der Waals surface area contributed by atoms with Crippen molar-refractivity contribution in [2.75, 3.05) is 5.32 Å². The molecule has 31 heavy (non-hydrogen) atoms. The van der Waals surface area contributed by atoms with Gasteiger partial charge in [-0.3, -0.25) is 0 Å². The quantitative estimate of drug-likeness (QED) is 0.342. The van der Waals surface area contributed by atoms with Gasteiger partial charge in [0.25, 0.3) is 0 Å². The van der Waals surface area contributed by atoms with Crippen LogP contribution in [0.4, 0.5) is 5.69 Å². The molecule has 0 aliphatic rings. The summed E-state index contributed by atoms with van der Waals surface area (Å²) in [6, 6.07) is 25.1. The van der Waals surface area contributed by atoms with Gasteiger partial charge in [-0.2, -0.15) is 4.98 Å². The average Bonchev–Trinajstić information content (AvgIpc) is 2.76. The maximum absolute atomic E-state index is 4.71. The zero-order valence-electron chi connectivity index (χ0n) is 17.8. The summed E-state index contributed by atoms with van der Waals surface area (Å²) in [5, 5.41) is 4.83. The first-order chi connectivity index (χ1) is 15.0. The Morgan fingerprint density at radius 3 is 1.71 bits per heavy atom. The van der Waals surface area contributed by atoms with Crippen molar-refractivity contribution in [2.24, 2.45) is 0 Å². The first kappa shape index (κ1) is 21.4. The Hall–Kier alpha value is -2.83. The predicted molar refractivity (Wildman–Crippen MR) is 129 cm³/mol. The van der Waals surface area contributed by atoms with Gasteiger partial charge >= 0.3 is 0 Å². The molecule has 4 nitrogen and oxygen atoms in total. The van der Waals surface area contributed by atoms with Crippen LogP contribution in [0.15, 0.2) is 92.9 Å². The second-order valence-electron chi connectivity index (χ2n) is 7.37. The number of aromatic nitrogens is 3. The lowest BCUT2D eigenvalue weighted by molar-refractivity contribution is 0.741. The van der Waals surface area contributed by atoms with Crippen molar-refractivity contribution in [1.82, 2.24) is 15.0 Å². The van der Waals surface area contributed by atoms with E-state index in [0.717, 1.165) is 21.3 Å². The van der Waals surface area contributed by atoms with E-state index >= 15 is 0 Å². The fraction of sp³-hybridized carbons (Fsp3) is 0.160. The van der Waals surface area contributed by atoms with Crippen molar-refractivity contribution in [3.8, 4) is 0 Å². The number of benzene rings is 3. The highest BCUT2D eigenvalue weighted by Gasteiger charge is 2.10. The number of hydrogen-bond acceptors (Lipinski definition) is 6. The number of nitrogens with one attached hydrogen (secondary N) is 1. The van der Waals surface area contributed by atoms with E-state index in [1.165, 1.54) is 16.7 Å². The lowest BCUT2D eigenvalue weighted by Gasteiger charge is -2.09. The molecule has 0 bridgehead atoms. The minimum Gasteiger partial charge on any atom is -0.378 e. The molecule has 1 heterocycles. The van der Waals surface area contributed by atoms with Gasteiger partial charge in [0.05, 0.1) is 6.54 Å². The molecule has 6 heteroatoms. The lowest BCUT2D eigenvalue weighted by Crippen LogP contribution is -2.07. The fourth-order valence-corrected chi connectivity index (χ4v) is 4.50. The number of hydrogen-bond donors (Lipinski definition) is 1. The molecule has 1 N–H and O–H groups in total. The van der Waals surface area contributed by atoms with Crippen molar-refractivity contribution in [3.63, 3.8) is 0 Å². The summed E-state index contributed by atoms with van der Waals surface area (Å²) in [5.74, 6) is 0.723. The monoisotopic (exact) mass is 444 g/mol. The van der Waals surface area contributed by atoms with Gasteiger partial charge in [0.1, 0.15) is 0 Å². The SMILES string of the molecule is Cc1ccc(Sc2nc(CNc3cccc(C)c3)nc(Sc3ccc(C)cc3)n2)cc1.